The molecule has 0 radical (unpaired) electrons. The highest BCUT2D eigenvalue weighted by Crippen LogP contribution is 2.31. The Kier molecular flexibility index (Phi) is 10.2. The number of hydrogen-bond acceptors (Lipinski definition) is 13. The van der Waals surface area contributed by atoms with E-state index >= 15 is 0 Å². The van der Waals surface area contributed by atoms with Crippen LogP contribution in [0.2, 0.25) is 0 Å². The van der Waals surface area contributed by atoms with Gasteiger partial charge in [0.15, 0.2) is 12.2 Å². The van der Waals surface area contributed by atoms with Crippen molar-refractivity contribution in [1.29, 1.82) is 0 Å². The van der Waals surface area contributed by atoms with Gasteiger partial charge in [0.25, 0.3) is 0 Å². The molecule has 0 bridgehead atoms. The second-order valence-electron chi connectivity index (χ2n) is 7.20. The van der Waals surface area contributed by atoms with Crippen LogP contribution in [0, 0.1) is 0 Å². The molecule has 1 fully saturated rings. The van der Waals surface area contributed by atoms with Gasteiger partial charge in [0.05, 0.1) is 7.11 Å². The molecule has 0 aromatic carbocycles. The van der Waals surface area contributed by atoms with Crippen LogP contribution in [0.3, 0.4) is 0 Å². The van der Waals surface area contributed by atoms with E-state index in [2.05, 4.69) is 0 Å². The Morgan fingerprint density at radius 3 is 2.00 bits per heavy atom. The third-order valence-corrected chi connectivity index (χ3v) is 5.21. The smallest absolute Gasteiger partial charge is 0.373 e. The van der Waals surface area contributed by atoms with Gasteiger partial charge in [-0.15, -0.1) is 11.3 Å². The Morgan fingerprint density at radius 2 is 1.49 bits per heavy atom. The highest BCUT2D eigenvalue weighted by Gasteiger charge is 2.53. The molecule has 1 aromatic rings. The van der Waals surface area contributed by atoms with E-state index in [-0.39, 0.29) is 5.76 Å². The molecule has 0 unspecified atom stereocenters. The van der Waals surface area contributed by atoms with Crippen molar-refractivity contribution in [2.75, 3.05) is 13.7 Å². The maximum atomic E-state index is 12.4. The number of thiophene rings is 1. The number of esters is 5. The van der Waals surface area contributed by atoms with Crippen molar-refractivity contribution in [2.24, 2.45) is 0 Å². The quantitative estimate of drug-likeness (QED) is 0.203. The molecule has 0 N–H and O–H groups in total. The third-order valence-electron chi connectivity index (χ3n) is 4.39. The first-order valence-electron chi connectivity index (χ1n) is 10.3. The van der Waals surface area contributed by atoms with E-state index in [1.807, 2.05) is 0 Å². The highest BCUT2D eigenvalue weighted by molar-refractivity contribution is 7.10. The lowest BCUT2D eigenvalue weighted by atomic mass is 9.98. The normalized spacial score (nSPS) is 24.0. The molecule has 1 aliphatic heterocycles. The van der Waals surface area contributed by atoms with Crippen LogP contribution in [0.1, 0.15) is 32.6 Å². The van der Waals surface area contributed by atoms with Crippen LogP contribution in [-0.4, -0.2) is 74.3 Å². The van der Waals surface area contributed by atoms with Gasteiger partial charge in [0, 0.05) is 38.6 Å². The summed E-state index contributed by atoms with van der Waals surface area (Å²) in [5, 5.41) is 1.77. The third kappa shape index (κ3) is 8.37. The lowest BCUT2D eigenvalue weighted by Gasteiger charge is -2.43. The number of ether oxygens (including phenoxy) is 7. The number of hydrogen-bond donors (Lipinski definition) is 0. The second kappa shape index (κ2) is 12.9. The molecule has 2 heterocycles. The van der Waals surface area contributed by atoms with Crippen molar-refractivity contribution in [3.05, 3.63) is 28.1 Å². The molecule has 12 nitrogen and oxygen atoms in total. The second-order valence-corrected chi connectivity index (χ2v) is 8.18. The van der Waals surface area contributed by atoms with Crippen molar-refractivity contribution < 1.29 is 57.1 Å². The van der Waals surface area contributed by atoms with Gasteiger partial charge >= 0.3 is 29.8 Å². The summed E-state index contributed by atoms with van der Waals surface area (Å²) >= 11 is 1.31. The molecule has 0 amide bonds. The zero-order valence-electron chi connectivity index (χ0n) is 19.7. The number of carbonyl (C=O) groups excluding carboxylic acids is 5. The van der Waals surface area contributed by atoms with Crippen LogP contribution in [0.5, 0.6) is 0 Å². The van der Waals surface area contributed by atoms with Crippen LogP contribution in [0.25, 0.3) is 6.08 Å². The molecular formula is C22H26O12S. The van der Waals surface area contributed by atoms with Crippen LogP contribution in [-0.2, 0) is 57.1 Å². The van der Waals surface area contributed by atoms with E-state index < -0.39 is 67.2 Å². The summed E-state index contributed by atoms with van der Waals surface area (Å²) in [5.41, 5.74) is 0. The van der Waals surface area contributed by atoms with Crippen molar-refractivity contribution in [1.82, 2.24) is 0 Å². The fraction of sp³-hybridized carbons (Fsp3) is 0.500. The maximum absolute atomic E-state index is 12.4. The molecule has 5 atom stereocenters. The number of carbonyl (C=O) groups is 5. The molecule has 1 saturated heterocycles. The molecule has 2 rings (SSSR count). The monoisotopic (exact) mass is 514 g/mol. The predicted molar refractivity (Wildman–Crippen MR) is 117 cm³/mol. The Hall–Kier alpha value is -3.45. The lowest BCUT2D eigenvalue weighted by molar-refractivity contribution is -0.299. The zero-order valence-corrected chi connectivity index (χ0v) is 20.5. The summed E-state index contributed by atoms with van der Waals surface area (Å²) in [7, 11) is 1.14. The molecule has 13 heteroatoms. The summed E-state index contributed by atoms with van der Waals surface area (Å²) in [6.45, 7) is 4.02. The van der Waals surface area contributed by atoms with E-state index in [0.29, 0.717) is 4.88 Å². The summed E-state index contributed by atoms with van der Waals surface area (Å²) in [4.78, 5) is 60.0. The molecule has 0 aliphatic carbocycles. The molecule has 1 aliphatic rings. The van der Waals surface area contributed by atoms with Gasteiger partial charge in [-0.2, -0.15) is 0 Å². The minimum Gasteiger partial charge on any atom is -0.463 e. The van der Waals surface area contributed by atoms with E-state index in [4.69, 9.17) is 33.2 Å². The van der Waals surface area contributed by atoms with E-state index in [9.17, 15) is 24.0 Å². The Bertz CT molecular complexity index is 954. The predicted octanol–water partition coefficient (Wildman–Crippen LogP) is 1.36. The van der Waals surface area contributed by atoms with Crippen LogP contribution >= 0.6 is 11.3 Å². The first kappa shape index (κ1) is 27.8. The van der Waals surface area contributed by atoms with E-state index in [0.717, 1.165) is 34.8 Å². The number of rotatable bonds is 9. The Labute approximate surface area is 205 Å². The molecule has 0 spiro atoms. The van der Waals surface area contributed by atoms with Gasteiger partial charge in [-0.1, -0.05) is 6.07 Å². The van der Waals surface area contributed by atoms with E-state index in [1.54, 1.807) is 17.5 Å². The highest BCUT2D eigenvalue weighted by atomic mass is 32.1. The summed E-state index contributed by atoms with van der Waals surface area (Å²) in [5.74, 6) is -4.20. The van der Waals surface area contributed by atoms with Crippen LogP contribution in [0.15, 0.2) is 23.3 Å². The van der Waals surface area contributed by atoms with Crippen LogP contribution in [0.4, 0.5) is 0 Å². The lowest BCUT2D eigenvalue weighted by Crippen LogP contribution is -2.63. The van der Waals surface area contributed by atoms with Gasteiger partial charge in [0.2, 0.25) is 18.2 Å². The summed E-state index contributed by atoms with van der Waals surface area (Å²) in [6, 6.07) is 3.46. The minimum atomic E-state index is -1.55. The Balaban J connectivity index is 2.52. The van der Waals surface area contributed by atoms with Gasteiger partial charge in [-0.05, 0) is 11.4 Å². The fourth-order valence-corrected chi connectivity index (χ4v) is 3.80. The zero-order chi connectivity index (χ0) is 26.1. The van der Waals surface area contributed by atoms with Gasteiger partial charge < -0.3 is 33.2 Å². The van der Waals surface area contributed by atoms with Crippen molar-refractivity contribution in [3.63, 3.8) is 0 Å². The standard InChI is InChI=1S/C22H26O12S/c1-11(23)29-10-17-18(30-12(2)24)19(31-13(3)25)20(32-14(4)26)22(34-17)33-16(21(27)28-5)9-15-7-6-8-35-15/h6-9,17-20,22H,10H2,1-5H3/b16-9-/t17-,18+,19+,20-,22-/m0/s1. The molecule has 35 heavy (non-hydrogen) atoms. The molecule has 1 aromatic heterocycles. The fourth-order valence-electron chi connectivity index (χ4n) is 3.15. The minimum absolute atomic E-state index is 0.309. The summed E-state index contributed by atoms with van der Waals surface area (Å²) < 4.78 is 37.3. The first-order valence-corrected chi connectivity index (χ1v) is 11.2. The maximum Gasteiger partial charge on any atom is 0.373 e. The molecule has 0 saturated carbocycles. The van der Waals surface area contributed by atoms with Crippen LogP contribution < -0.4 is 0 Å². The van der Waals surface area contributed by atoms with Crippen molar-refractivity contribution in [3.8, 4) is 0 Å². The SMILES string of the molecule is COC(=O)/C(=C/c1cccs1)O[C@H]1O[C@@H](COC(C)=O)[C@@H](OC(C)=O)[C@@H](OC(C)=O)[C@@H]1OC(C)=O. The van der Waals surface area contributed by atoms with Crippen molar-refractivity contribution >= 4 is 47.3 Å². The van der Waals surface area contributed by atoms with Gasteiger partial charge in [-0.3, -0.25) is 19.2 Å². The average Bonchev–Trinajstić information content (AvgIpc) is 3.27. The number of methoxy groups -OCH3 is 1. The topological polar surface area (TPSA) is 150 Å². The first-order chi connectivity index (χ1) is 16.5. The van der Waals surface area contributed by atoms with Gasteiger partial charge in [0.1, 0.15) is 12.7 Å². The average molecular weight is 515 g/mol. The summed E-state index contributed by atoms with van der Waals surface area (Å²) in [6.07, 6.45) is -5.65. The largest absolute Gasteiger partial charge is 0.463 e. The Morgan fingerprint density at radius 1 is 0.886 bits per heavy atom. The van der Waals surface area contributed by atoms with E-state index in [1.165, 1.54) is 17.4 Å². The molecule has 192 valence electrons. The van der Waals surface area contributed by atoms with Gasteiger partial charge in [-0.25, -0.2) is 4.79 Å². The van der Waals surface area contributed by atoms with Crippen molar-refractivity contribution in [2.45, 2.75) is 58.4 Å². The molecular weight excluding hydrogens is 488 g/mol.